The molecule has 0 bridgehead atoms. The van der Waals surface area contributed by atoms with E-state index >= 15 is 0 Å². The zero-order chi connectivity index (χ0) is 26.3. The fourth-order valence-corrected chi connectivity index (χ4v) is 4.16. The number of fused-ring (bicyclic) bond motifs is 3. The van der Waals surface area contributed by atoms with Crippen molar-refractivity contribution in [2.24, 2.45) is 0 Å². The van der Waals surface area contributed by atoms with E-state index < -0.39 is 0 Å². The van der Waals surface area contributed by atoms with Crippen molar-refractivity contribution >= 4 is 22.7 Å². The first-order valence-electron chi connectivity index (χ1n) is 12.4. The van der Waals surface area contributed by atoms with Crippen LogP contribution in [0, 0.1) is 0 Å². The lowest BCUT2D eigenvalue weighted by Gasteiger charge is -2.24. The van der Waals surface area contributed by atoms with Crippen molar-refractivity contribution in [1.29, 1.82) is 0 Å². The number of nitrogens with zero attached hydrogens (tertiary/aromatic N) is 7. The number of ether oxygens (including phenoxy) is 1. The van der Waals surface area contributed by atoms with Crippen LogP contribution in [0.1, 0.15) is 41.1 Å². The first-order valence-corrected chi connectivity index (χ1v) is 12.4. The topological polar surface area (TPSA) is 144 Å². The summed E-state index contributed by atoms with van der Waals surface area (Å²) in [5.41, 5.74) is 5.21. The molecule has 1 aliphatic rings. The van der Waals surface area contributed by atoms with Gasteiger partial charge in [-0.05, 0) is 38.1 Å². The second-order valence-electron chi connectivity index (χ2n) is 8.71. The Labute approximate surface area is 218 Å². The van der Waals surface area contributed by atoms with E-state index in [1.54, 1.807) is 18.2 Å². The minimum atomic E-state index is -0.273. The number of carbonyl (C=O) groups is 1. The maximum Gasteiger partial charge on any atom is 0.240 e. The van der Waals surface area contributed by atoms with Gasteiger partial charge in [0.2, 0.25) is 11.7 Å². The van der Waals surface area contributed by atoms with E-state index in [0.29, 0.717) is 40.1 Å². The SMILES string of the molecule is CNN1CCCCC1.O=Cc1ccc(COc2nn3c(-c4cc(CO)on4)nnc3c3ccccc23)nc1. The highest BCUT2D eigenvalue weighted by atomic mass is 16.5. The monoisotopic (exact) mass is 516 g/mol. The van der Waals surface area contributed by atoms with Gasteiger partial charge in [-0.1, -0.05) is 29.8 Å². The first kappa shape index (κ1) is 25.4. The number of aliphatic hydroxyl groups excluding tert-OH is 1. The number of aromatic nitrogens is 6. The summed E-state index contributed by atoms with van der Waals surface area (Å²) >= 11 is 0. The molecule has 4 aromatic heterocycles. The van der Waals surface area contributed by atoms with Crippen LogP contribution in [-0.2, 0) is 13.2 Å². The third kappa shape index (κ3) is 5.52. The number of rotatable bonds is 7. The van der Waals surface area contributed by atoms with E-state index in [9.17, 15) is 9.90 Å². The Morgan fingerprint density at radius 3 is 2.58 bits per heavy atom. The molecular formula is C26H28N8O4. The predicted molar refractivity (Wildman–Crippen MR) is 138 cm³/mol. The molecule has 5 heterocycles. The standard InChI is InChI=1S/C20H14N6O4.C6H14N2/c27-9-12-5-6-13(21-8-12)11-29-20-16-4-2-1-3-15(16)18-22-23-19(26(18)24-20)17-7-14(10-28)30-25-17;1-7-8-5-3-2-4-6-8/h1-9,28H,10-11H2;7H,2-6H2,1H3. The molecule has 0 amide bonds. The summed E-state index contributed by atoms with van der Waals surface area (Å²) in [4.78, 5) is 15.0. The number of benzene rings is 1. The summed E-state index contributed by atoms with van der Waals surface area (Å²) in [6.45, 7) is 2.36. The molecular weight excluding hydrogens is 488 g/mol. The number of aldehydes is 1. The quantitative estimate of drug-likeness (QED) is 0.308. The van der Waals surface area contributed by atoms with E-state index in [-0.39, 0.29) is 13.2 Å². The molecule has 0 unspecified atom stereocenters. The molecule has 12 nitrogen and oxygen atoms in total. The Hall–Kier alpha value is -4.26. The lowest BCUT2D eigenvalue weighted by atomic mass is 10.2. The first-order chi connectivity index (χ1) is 18.7. The Morgan fingerprint density at radius 1 is 1.11 bits per heavy atom. The van der Waals surface area contributed by atoms with Crippen LogP contribution < -0.4 is 10.2 Å². The normalized spacial score (nSPS) is 13.8. The average molecular weight is 517 g/mol. The van der Waals surface area contributed by atoms with Gasteiger partial charge in [0.15, 0.2) is 23.4 Å². The van der Waals surface area contributed by atoms with Crippen molar-refractivity contribution < 1.29 is 19.2 Å². The maximum atomic E-state index is 10.8. The molecule has 0 spiro atoms. The predicted octanol–water partition coefficient (Wildman–Crippen LogP) is 2.82. The largest absolute Gasteiger partial charge is 0.470 e. The van der Waals surface area contributed by atoms with Crippen LogP contribution >= 0.6 is 0 Å². The fraction of sp³-hybridized carbons (Fsp3) is 0.308. The molecule has 5 aromatic rings. The molecule has 0 aliphatic carbocycles. The fourth-order valence-electron chi connectivity index (χ4n) is 4.16. The second kappa shape index (κ2) is 11.9. The van der Waals surface area contributed by atoms with Crippen LogP contribution in [0.3, 0.4) is 0 Å². The van der Waals surface area contributed by atoms with E-state index in [4.69, 9.17) is 9.26 Å². The van der Waals surface area contributed by atoms with Crippen LogP contribution in [0.15, 0.2) is 53.2 Å². The minimum absolute atomic E-state index is 0.164. The Kier molecular flexibility index (Phi) is 7.92. The van der Waals surface area contributed by atoms with E-state index in [1.807, 2.05) is 31.3 Å². The number of hydrazine groups is 1. The average Bonchev–Trinajstić information content (AvgIpc) is 3.64. The van der Waals surface area contributed by atoms with Gasteiger partial charge >= 0.3 is 0 Å². The molecule has 196 valence electrons. The summed E-state index contributed by atoms with van der Waals surface area (Å²) in [6.07, 6.45) is 6.36. The van der Waals surface area contributed by atoms with E-state index in [1.165, 1.54) is 43.1 Å². The van der Waals surface area contributed by atoms with Crippen LogP contribution in [0.25, 0.3) is 27.9 Å². The maximum absolute atomic E-state index is 10.8. The van der Waals surface area contributed by atoms with Gasteiger partial charge < -0.3 is 14.4 Å². The van der Waals surface area contributed by atoms with Gasteiger partial charge in [-0.2, -0.15) is 4.52 Å². The molecule has 0 atom stereocenters. The molecule has 38 heavy (non-hydrogen) atoms. The van der Waals surface area contributed by atoms with Crippen molar-refractivity contribution in [2.45, 2.75) is 32.5 Å². The minimum Gasteiger partial charge on any atom is -0.470 e. The van der Waals surface area contributed by atoms with Crippen LogP contribution in [0.2, 0.25) is 0 Å². The summed E-state index contributed by atoms with van der Waals surface area (Å²) < 4.78 is 12.5. The number of hydrogen-bond donors (Lipinski definition) is 2. The molecule has 1 aromatic carbocycles. The van der Waals surface area contributed by atoms with Crippen LogP contribution in [0.5, 0.6) is 5.88 Å². The third-order valence-electron chi connectivity index (χ3n) is 6.19. The van der Waals surface area contributed by atoms with Crippen molar-refractivity contribution in [2.75, 3.05) is 20.1 Å². The summed E-state index contributed by atoms with van der Waals surface area (Å²) in [7, 11) is 1.99. The molecule has 12 heteroatoms. The zero-order valence-electron chi connectivity index (χ0n) is 20.9. The van der Waals surface area contributed by atoms with Crippen LogP contribution in [0.4, 0.5) is 0 Å². The highest BCUT2D eigenvalue weighted by Gasteiger charge is 2.19. The Balaban J connectivity index is 0.000000316. The van der Waals surface area contributed by atoms with Gasteiger partial charge in [0.1, 0.15) is 13.2 Å². The number of nitrogens with one attached hydrogen (secondary N) is 1. The Morgan fingerprint density at radius 2 is 1.92 bits per heavy atom. The summed E-state index contributed by atoms with van der Waals surface area (Å²) in [5, 5.41) is 30.0. The Bertz CT molecular complexity index is 1510. The lowest BCUT2D eigenvalue weighted by molar-refractivity contribution is 0.112. The van der Waals surface area contributed by atoms with E-state index in [2.05, 4.69) is 35.9 Å². The molecule has 6 rings (SSSR count). The number of carbonyl (C=O) groups excluding carboxylic acids is 1. The summed E-state index contributed by atoms with van der Waals surface area (Å²) in [6, 6.07) is 12.5. The zero-order valence-corrected chi connectivity index (χ0v) is 20.9. The van der Waals surface area contributed by atoms with Crippen LogP contribution in [-0.4, -0.2) is 66.5 Å². The van der Waals surface area contributed by atoms with Gasteiger partial charge in [-0.15, -0.1) is 15.3 Å². The van der Waals surface area contributed by atoms with Gasteiger partial charge in [0.25, 0.3) is 0 Å². The highest BCUT2D eigenvalue weighted by Crippen LogP contribution is 2.29. The number of pyridine rings is 1. The molecule has 1 fully saturated rings. The molecule has 1 saturated heterocycles. The number of aliphatic hydroxyl groups is 1. The summed E-state index contributed by atoms with van der Waals surface area (Å²) in [5.74, 6) is 1.03. The smallest absolute Gasteiger partial charge is 0.240 e. The molecule has 0 saturated carbocycles. The van der Waals surface area contributed by atoms with Gasteiger partial charge in [-0.3, -0.25) is 15.2 Å². The molecule has 1 aliphatic heterocycles. The number of hydrogen-bond acceptors (Lipinski definition) is 11. The number of piperidine rings is 1. The van der Waals surface area contributed by atoms with Gasteiger partial charge in [0.05, 0.1) is 5.69 Å². The van der Waals surface area contributed by atoms with Crippen molar-refractivity contribution in [3.05, 3.63) is 65.7 Å². The van der Waals surface area contributed by atoms with Gasteiger partial charge in [0, 0.05) is 41.7 Å². The van der Waals surface area contributed by atoms with Crippen molar-refractivity contribution in [3.8, 4) is 17.4 Å². The lowest BCUT2D eigenvalue weighted by Crippen LogP contribution is -2.38. The highest BCUT2D eigenvalue weighted by molar-refractivity contribution is 5.96. The second-order valence-corrected chi connectivity index (χ2v) is 8.71. The van der Waals surface area contributed by atoms with Gasteiger partial charge in [-0.25, -0.2) is 5.01 Å². The molecule has 0 radical (unpaired) electrons. The van der Waals surface area contributed by atoms with E-state index in [0.717, 1.165) is 17.1 Å². The molecule has 2 N–H and O–H groups in total. The van der Waals surface area contributed by atoms with Crippen molar-refractivity contribution in [1.82, 2.24) is 40.4 Å². The van der Waals surface area contributed by atoms with Crippen molar-refractivity contribution in [3.63, 3.8) is 0 Å². The third-order valence-corrected chi connectivity index (χ3v) is 6.19.